The van der Waals surface area contributed by atoms with Gasteiger partial charge in [-0.05, 0) is 43.5 Å². The van der Waals surface area contributed by atoms with Crippen molar-refractivity contribution in [2.24, 2.45) is 0 Å². The molecule has 1 fully saturated rings. The Kier molecular flexibility index (Phi) is 4.99. The Balaban J connectivity index is 1.74. The van der Waals surface area contributed by atoms with E-state index in [1.807, 2.05) is 24.3 Å². The van der Waals surface area contributed by atoms with Crippen molar-refractivity contribution in [3.05, 3.63) is 60.1 Å². The van der Waals surface area contributed by atoms with E-state index < -0.39 is 6.04 Å². The highest BCUT2D eigenvalue weighted by molar-refractivity contribution is 5.97. The number of amides is 2. The molecule has 2 amide bonds. The maximum atomic E-state index is 12.9. The van der Waals surface area contributed by atoms with Crippen molar-refractivity contribution in [3.8, 4) is 0 Å². The lowest BCUT2D eigenvalue weighted by Gasteiger charge is -2.36. The van der Waals surface area contributed by atoms with Crippen molar-refractivity contribution >= 4 is 11.8 Å². The number of likely N-dealkylation sites (N-methyl/N-ethyl adjacent to an activating group) is 1. The van der Waals surface area contributed by atoms with E-state index >= 15 is 0 Å². The van der Waals surface area contributed by atoms with Crippen LogP contribution < -0.4 is 0 Å². The van der Waals surface area contributed by atoms with E-state index in [0.29, 0.717) is 25.1 Å². The Bertz CT molecular complexity index is 682. The molecule has 0 N–H and O–H groups in total. The average molecular weight is 326 g/mol. The zero-order valence-corrected chi connectivity index (χ0v) is 13.9. The van der Waals surface area contributed by atoms with Gasteiger partial charge < -0.3 is 14.2 Å². The first-order chi connectivity index (χ1) is 11.7. The molecule has 1 aromatic heterocycles. The molecule has 1 aromatic carbocycles. The highest BCUT2D eigenvalue weighted by atomic mass is 16.3. The molecule has 1 unspecified atom stereocenters. The van der Waals surface area contributed by atoms with Gasteiger partial charge in [-0.1, -0.05) is 18.2 Å². The standard InChI is InChI=1S/C19H22N2O3/c1-20(14-16-10-7-13-24-16)19(23)17-11-5-6-12-21(17)18(22)15-8-3-2-4-9-15/h2-4,7-10,13,17H,5-6,11-12,14H2,1H3. The van der Waals surface area contributed by atoms with Crippen LogP contribution in [-0.2, 0) is 11.3 Å². The molecule has 1 atom stereocenters. The maximum absolute atomic E-state index is 12.9. The van der Waals surface area contributed by atoms with E-state index in [2.05, 4.69) is 0 Å². The van der Waals surface area contributed by atoms with Crippen LogP contribution in [0.15, 0.2) is 53.1 Å². The molecule has 1 aliphatic heterocycles. The van der Waals surface area contributed by atoms with Gasteiger partial charge in [0.2, 0.25) is 5.91 Å². The lowest BCUT2D eigenvalue weighted by Crippen LogP contribution is -2.52. The molecule has 0 saturated carbocycles. The van der Waals surface area contributed by atoms with Gasteiger partial charge in [0.05, 0.1) is 12.8 Å². The van der Waals surface area contributed by atoms with Crippen LogP contribution in [0, 0.1) is 0 Å². The minimum atomic E-state index is -0.397. The van der Waals surface area contributed by atoms with Crippen LogP contribution in [0.3, 0.4) is 0 Å². The molecule has 2 heterocycles. The first-order valence-corrected chi connectivity index (χ1v) is 8.30. The molecule has 3 rings (SSSR count). The fraction of sp³-hybridized carbons (Fsp3) is 0.368. The molecule has 5 heteroatoms. The summed E-state index contributed by atoms with van der Waals surface area (Å²) in [5.74, 6) is 0.637. The van der Waals surface area contributed by atoms with Crippen LogP contribution in [0.25, 0.3) is 0 Å². The highest BCUT2D eigenvalue weighted by Gasteiger charge is 2.34. The third kappa shape index (κ3) is 3.50. The summed E-state index contributed by atoms with van der Waals surface area (Å²) < 4.78 is 5.31. The van der Waals surface area contributed by atoms with Gasteiger partial charge in [0.1, 0.15) is 11.8 Å². The van der Waals surface area contributed by atoms with E-state index in [0.717, 1.165) is 18.6 Å². The summed E-state index contributed by atoms with van der Waals surface area (Å²) in [7, 11) is 1.75. The van der Waals surface area contributed by atoms with Crippen LogP contribution in [0.1, 0.15) is 35.4 Å². The molecule has 0 aliphatic carbocycles. The van der Waals surface area contributed by atoms with Gasteiger partial charge in [0, 0.05) is 19.2 Å². The van der Waals surface area contributed by atoms with Gasteiger partial charge >= 0.3 is 0 Å². The normalized spacial score (nSPS) is 17.5. The quantitative estimate of drug-likeness (QED) is 0.868. The van der Waals surface area contributed by atoms with Crippen molar-refractivity contribution in [2.75, 3.05) is 13.6 Å². The van der Waals surface area contributed by atoms with Crippen molar-refractivity contribution in [2.45, 2.75) is 31.8 Å². The van der Waals surface area contributed by atoms with Crippen molar-refractivity contribution in [1.82, 2.24) is 9.80 Å². The summed E-state index contributed by atoms with van der Waals surface area (Å²) in [5, 5.41) is 0. The van der Waals surface area contributed by atoms with Crippen LogP contribution in [0.5, 0.6) is 0 Å². The van der Waals surface area contributed by atoms with E-state index in [9.17, 15) is 9.59 Å². The molecule has 5 nitrogen and oxygen atoms in total. The minimum Gasteiger partial charge on any atom is -0.467 e. The second-order valence-electron chi connectivity index (χ2n) is 6.15. The van der Waals surface area contributed by atoms with Gasteiger partial charge in [-0.3, -0.25) is 9.59 Å². The van der Waals surface area contributed by atoms with Crippen LogP contribution >= 0.6 is 0 Å². The highest BCUT2D eigenvalue weighted by Crippen LogP contribution is 2.22. The van der Waals surface area contributed by atoms with Gasteiger partial charge in [-0.15, -0.1) is 0 Å². The minimum absolute atomic E-state index is 0.0321. The summed E-state index contributed by atoms with van der Waals surface area (Å²) in [6, 6.07) is 12.4. The molecule has 0 spiro atoms. The topological polar surface area (TPSA) is 53.8 Å². The van der Waals surface area contributed by atoms with Gasteiger partial charge in [-0.25, -0.2) is 0 Å². The van der Waals surface area contributed by atoms with Crippen LogP contribution in [-0.4, -0.2) is 41.2 Å². The predicted octanol–water partition coefficient (Wildman–Crippen LogP) is 2.93. The lowest BCUT2D eigenvalue weighted by atomic mass is 9.99. The Morgan fingerprint density at radius 3 is 2.67 bits per heavy atom. The second kappa shape index (κ2) is 7.34. The van der Waals surface area contributed by atoms with Crippen LogP contribution in [0.4, 0.5) is 0 Å². The summed E-state index contributed by atoms with van der Waals surface area (Å²) in [6.45, 7) is 1.04. The number of carbonyl (C=O) groups is 2. The maximum Gasteiger partial charge on any atom is 0.254 e. The van der Waals surface area contributed by atoms with E-state index in [1.165, 1.54) is 0 Å². The molecule has 0 radical (unpaired) electrons. The Morgan fingerprint density at radius 1 is 1.17 bits per heavy atom. The first-order valence-electron chi connectivity index (χ1n) is 8.30. The number of piperidine rings is 1. The SMILES string of the molecule is CN(Cc1ccco1)C(=O)C1CCCCN1C(=O)c1ccccc1. The van der Waals surface area contributed by atoms with E-state index in [-0.39, 0.29) is 11.8 Å². The third-order valence-electron chi connectivity index (χ3n) is 4.42. The molecular formula is C19H22N2O3. The van der Waals surface area contributed by atoms with Gasteiger partial charge in [0.25, 0.3) is 5.91 Å². The summed E-state index contributed by atoms with van der Waals surface area (Å²) in [5.41, 5.74) is 0.630. The average Bonchev–Trinajstić information content (AvgIpc) is 3.14. The number of nitrogens with zero attached hydrogens (tertiary/aromatic N) is 2. The van der Waals surface area contributed by atoms with Gasteiger partial charge in [0.15, 0.2) is 0 Å². The lowest BCUT2D eigenvalue weighted by molar-refractivity contribution is -0.136. The third-order valence-corrected chi connectivity index (χ3v) is 4.42. The Hall–Kier alpha value is -2.56. The van der Waals surface area contributed by atoms with Gasteiger partial charge in [-0.2, -0.15) is 0 Å². The number of likely N-dealkylation sites (tertiary alicyclic amines) is 1. The smallest absolute Gasteiger partial charge is 0.254 e. The number of benzene rings is 1. The van der Waals surface area contributed by atoms with Crippen molar-refractivity contribution in [3.63, 3.8) is 0 Å². The largest absolute Gasteiger partial charge is 0.467 e. The fourth-order valence-corrected chi connectivity index (χ4v) is 3.15. The Morgan fingerprint density at radius 2 is 1.96 bits per heavy atom. The monoisotopic (exact) mass is 326 g/mol. The summed E-state index contributed by atoms with van der Waals surface area (Å²) in [6.07, 6.45) is 4.20. The molecule has 0 bridgehead atoms. The second-order valence-corrected chi connectivity index (χ2v) is 6.15. The molecule has 24 heavy (non-hydrogen) atoms. The summed E-state index contributed by atoms with van der Waals surface area (Å²) >= 11 is 0. The number of rotatable bonds is 4. The van der Waals surface area contributed by atoms with E-state index in [1.54, 1.807) is 41.3 Å². The number of furan rings is 1. The predicted molar refractivity (Wildman–Crippen MR) is 90.3 cm³/mol. The molecular weight excluding hydrogens is 304 g/mol. The zero-order valence-electron chi connectivity index (χ0n) is 13.9. The summed E-state index contributed by atoms with van der Waals surface area (Å²) in [4.78, 5) is 29.0. The van der Waals surface area contributed by atoms with Crippen molar-refractivity contribution < 1.29 is 14.0 Å². The number of hydrogen-bond acceptors (Lipinski definition) is 3. The van der Waals surface area contributed by atoms with Crippen molar-refractivity contribution in [1.29, 1.82) is 0 Å². The molecule has 1 saturated heterocycles. The first kappa shape index (κ1) is 16.3. The van der Waals surface area contributed by atoms with E-state index in [4.69, 9.17) is 4.42 Å². The molecule has 1 aliphatic rings. The number of hydrogen-bond donors (Lipinski definition) is 0. The molecule has 2 aromatic rings. The van der Waals surface area contributed by atoms with Crippen LogP contribution in [0.2, 0.25) is 0 Å². The Labute approximate surface area is 141 Å². The zero-order chi connectivity index (χ0) is 16.9. The molecule has 126 valence electrons. The number of carbonyl (C=O) groups excluding carboxylic acids is 2. The fourth-order valence-electron chi connectivity index (χ4n) is 3.15.